The SMILES string of the molecule is CCCc1[nH]nc(C(=O)O)c1S. The number of thiol groups is 1. The van der Waals surface area contributed by atoms with Crippen LogP contribution in [0.15, 0.2) is 4.90 Å². The second-order valence-corrected chi connectivity index (χ2v) is 2.90. The van der Waals surface area contributed by atoms with Crippen molar-refractivity contribution in [2.24, 2.45) is 0 Å². The molecule has 0 bridgehead atoms. The highest BCUT2D eigenvalue weighted by molar-refractivity contribution is 7.80. The highest BCUT2D eigenvalue weighted by Crippen LogP contribution is 2.17. The van der Waals surface area contributed by atoms with Crippen molar-refractivity contribution in [2.45, 2.75) is 24.7 Å². The van der Waals surface area contributed by atoms with Crippen molar-refractivity contribution in [2.75, 3.05) is 0 Å². The van der Waals surface area contributed by atoms with Gasteiger partial charge in [0.1, 0.15) is 0 Å². The van der Waals surface area contributed by atoms with Gasteiger partial charge in [-0.05, 0) is 6.42 Å². The van der Waals surface area contributed by atoms with Crippen LogP contribution in [0.25, 0.3) is 0 Å². The molecule has 66 valence electrons. The van der Waals surface area contributed by atoms with Gasteiger partial charge in [-0.3, -0.25) is 5.10 Å². The Hall–Kier alpha value is -0.970. The topological polar surface area (TPSA) is 66.0 Å². The van der Waals surface area contributed by atoms with Crippen LogP contribution in [0.2, 0.25) is 0 Å². The predicted octanol–water partition coefficient (Wildman–Crippen LogP) is 1.35. The van der Waals surface area contributed by atoms with Crippen LogP contribution in [-0.4, -0.2) is 21.3 Å². The van der Waals surface area contributed by atoms with Crippen molar-refractivity contribution in [1.82, 2.24) is 10.2 Å². The van der Waals surface area contributed by atoms with Crippen molar-refractivity contribution < 1.29 is 9.90 Å². The number of hydrogen-bond donors (Lipinski definition) is 3. The summed E-state index contributed by atoms with van der Waals surface area (Å²) in [4.78, 5) is 11.0. The highest BCUT2D eigenvalue weighted by atomic mass is 32.1. The predicted molar refractivity (Wildman–Crippen MR) is 46.8 cm³/mol. The number of aromatic amines is 1. The minimum atomic E-state index is -1.04. The van der Waals surface area contributed by atoms with Crippen LogP contribution in [0, 0.1) is 0 Å². The number of carboxylic acid groups (broad SMARTS) is 1. The summed E-state index contributed by atoms with van der Waals surface area (Å²) in [7, 11) is 0. The van der Waals surface area contributed by atoms with E-state index in [0.717, 1.165) is 18.5 Å². The Labute approximate surface area is 75.4 Å². The van der Waals surface area contributed by atoms with Crippen molar-refractivity contribution in [3.8, 4) is 0 Å². The van der Waals surface area contributed by atoms with Crippen LogP contribution in [0.3, 0.4) is 0 Å². The van der Waals surface area contributed by atoms with Gasteiger partial charge in [0.15, 0.2) is 5.69 Å². The molecule has 2 N–H and O–H groups in total. The summed E-state index contributed by atoms with van der Waals surface area (Å²) in [6.07, 6.45) is 1.72. The number of aromatic nitrogens is 2. The fourth-order valence-corrected chi connectivity index (χ4v) is 1.25. The molecule has 0 amide bonds. The van der Waals surface area contributed by atoms with Crippen molar-refractivity contribution >= 4 is 18.6 Å². The Morgan fingerprint density at radius 3 is 2.83 bits per heavy atom. The van der Waals surface area contributed by atoms with Gasteiger partial charge in [-0.25, -0.2) is 4.79 Å². The van der Waals surface area contributed by atoms with E-state index >= 15 is 0 Å². The molecule has 1 aromatic heterocycles. The Morgan fingerprint density at radius 2 is 2.42 bits per heavy atom. The molecule has 0 spiro atoms. The maximum atomic E-state index is 10.5. The second-order valence-electron chi connectivity index (χ2n) is 2.45. The number of hydrogen-bond acceptors (Lipinski definition) is 3. The van der Waals surface area contributed by atoms with Gasteiger partial charge in [-0.1, -0.05) is 13.3 Å². The molecular weight excluding hydrogens is 176 g/mol. The maximum Gasteiger partial charge on any atom is 0.357 e. The molecule has 4 nitrogen and oxygen atoms in total. The maximum absolute atomic E-state index is 10.5. The Bertz CT molecular complexity index is 296. The zero-order chi connectivity index (χ0) is 9.14. The van der Waals surface area contributed by atoms with Crippen LogP contribution in [0.5, 0.6) is 0 Å². The normalized spacial score (nSPS) is 10.2. The first-order valence-corrected chi connectivity index (χ1v) is 4.11. The molecule has 12 heavy (non-hydrogen) atoms. The average molecular weight is 186 g/mol. The third kappa shape index (κ3) is 1.61. The third-order valence-corrected chi connectivity index (χ3v) is 2.00. The van der Waals surface area contributed by atoms with E-state index in [4.69, 9.17) is 5.11 Å². The van der Waals surface area contributed by atoms with Gasteiger partial charge >= 0.3 is 5.97 Å². The molecule has 0 atom stereocenters. The molecule has 1 rings (SSSR count). The minimum absolute atomic E-state index is 0.00165. The van der Waals surface area contributed by atoms with E-state index in [1.807, 2.05) is 6.92 Å². The Morgan fingerprint density at radius 1 is 1.75 bits per heavy atom. The van der Waals surface area contributed by atoms with E-state index < -0.39 is 5.97 Å². The lowest BCUT2D eigenvalue weighted by atomic mass is 10.2. The molecular formula is C7H10N2O2S. The quantitative estimate of drug-likeness (QED) is 0.624. The van der Waals surface area contributed by atoms with E-state index in [-0.39, 0.29) is 5.69 Å². The first-order valence-electron chi connectivity index (χ1n) is 3.66. The smallest absolute Gasteiger partial charge is 0.357 e. The number of carbonyl (C=O) groups is 1. The molecule has 5 heteroatoms. The van der Waals surface area contributed by atoms with E-state index in [0.29, 0.717) is 4.90 Å². The molecule has 0 aliphatic rings. The van der Waals surface area contributed by atoms with E-state index in [2.05, 4.69) is 22.8 Å². The minimum Gasteiger partial charge on any atom is -0.476 e. The molecule has 1 heterocycles. The van der Waals surface area contributed by atoms with Crippen molar-refractivity contribution in [3.63, 3.8) is 0 Å². The molecule has 0 unspecified atom stereocenters. The number of nitrogens with zero attached hydrogens (tertiary/aromatic N) is 1. The van der Waals surface area contributed by atoms with Crippen LogP contribution >= 0.6 is 12.6 Å². The molecule has 0 aliphatic heterocycles. The lowest BCUT2D eigenvalue weighted by molar-refractivity contribution is 0.0686. The molecule has 0 aliphatic carbocycles. The molecule has 1 aromatic rings. The summed E-state index contributed by atoms with van der Waals surface area (Å²) in [5, 5.41) is 14.9. The zero-order valence-corrected chi connectivity index (χ0v) is 7.56. The first-order chi connectivity index (χ1) is 5.66. The van der Waals surface area contributed by atoms with E-state index in [1.165, 1.54) is 0 Å². The molecule has 0 saturated heterocycles. The highest BCUT2D eigenvalue weighted by Gasteiger charge is 2.14. The van der Waals surface area contributed by atoms with Crippen molar-refractivity contribution in [3.05, 3.63) is 11.4 Å². The molecule has 0 radical (unpaired) electrons. The van der Waals surface area contributed by atoms with Crippen LogP contribution in [-0.2, 0) is 6.42 Å². The summed E-state index contributed by atoms with van der Waals surface area (Å²) in [6, 6.07) is 0. The summed E-state index contributed by atoms with van der Waals surface area (Å²) in [5.74, 6) is -1.04. The molecule has 0 fully saturated rings. The summed E-state index contributed by atoms with van der Waals surface area (Å²) in [5.41, 5.74) is 0.792. The number of nitrogens with one attached hydrogen (secondary N) is 1. The number of aromatic carboxylic acids is 1. The van der Waals surface area contributed by atoms with Gasteiger partial charge < -0.3 is 5.11 Å². The standard InChI is InChI=1S/C7H10N2O2S/c1-2-3-4-6(12)5(7(10)11)9-8-4/h12H,2-3H2,1H3,(H,8,9)(H,10,11). The third-order valence-electron chi connectivity index (χ3n) is 1.52. The monoisotopic (exact) mass is 186 g/mol. The van der Waals surface area contributed by atoms with Crippen molar-refractivity contribution in [1.29, 1.82) is 0 Å². The summed E-state index contributed by atoms with van der Waals surface area (Å²) in [6.45, 7) is 2.01. The number of carboxylic acids is 1. The second kappa shape index (κ2) is 3.62. The van der Waals surface area contributed by atoms with Gasteiger partial charge in [0.2, 0.25) is 0 Å². The first kappa shape index (κ1) is 9.12. The fraction of sp³-hybridized carbons (Fsp3) is 0.429. The Kier molecular flexibility index (Phi) is 2.75. The summed E-state index contributed by atoms with van der Waals surface area (Å²) < 4.78 is 0. The van der Waals surface area contributed by atoms with Crippen LogP contribution < -0.4 is 0 Å². The zero-order valence-electron chi connectivity index (χ0n) is 6.66. The average Bonchev–Trinajstić information content (AvgIpc) is 2.34. The Balaban J connectivity index is 2.96. The van der Waals surface area contributed by atoms with E-state index in [1.54, 1.807) is 0 Å². The lowest BCUT2D eigenvalue weighted by Crippen LogP contribution is -1.97. The summed E-state index contributed by atoms with van der Waals surface area (Å²) >= 11 is 4.06. The van der Waals surface area contributed by atoms with E-state index in [9.17, 15) is 4.79 Å². The molecule has 0 aromatic carbocycles. The fourth-order valence-electron chi connectivity index (χ4n) is 0.946. The van der Waals surface area contributed by atoms with Gasteiger partial charge in [0.25, 0.3) is 0 Å². The number of H-pyrrole nitrogens is 1. The number of rotatable bonds is 3. The van der Waals surface area contributed by atoms with Gasteiger partial charge in [-0.15, -0.1) is 12.6 Å². The van der Waals surface area contributed by atoms with Gasteiger partial charge in [0.05, 0.1) is 4.90 Å². The van der Waals surface area contributed by atoms with Gasteiger partial charge in [-0.2, -0.15) is 5.10 Å². The largest absolute Gasteiger partial charge is 0.476 e. The van der Waals surface area contributed by atoms with Crippen LogP contribution in [0.4, 0.5) is 0 Å². The lowest BCUT2D eigenvalue weighted by Gasteiger charge is -1.93. The van der Waals surface area contributed by atoms with Crippen LogP contribution in [0.1, 0.15) is 29.5 Å². The number of aryl methyl sites for hydroxylation is 1. The molecule has 0 saturated carbocycles. The van der Waals surface area contributed by atoms with Gasteiger partial charge in [0, 0.05) is 5.69 Å².